The van der Waals surface area contributed by atoms with Crippen LogP contribution in [0.2, 0.25) is 0 Å². The molecule has 1 N–H and O–H groups in total. The largest absolute Gasteiger partial charge is 0.481 e. The normalized spacial score (nSPS) is 20.1. The molecule has 7 nitrogen and oxygen atoms in total. The number of aromatic nitrogens is 1. The van der Waals surface area contributed by atoms with Crippen molar-refractivity contribution in [3.63, 3.8) is 0 Å². The van der Waals surface area contributed by atoms with Crippen LogP contribution in [0.3, 0.4) is 0 Å². The first-order valence-corrected chi connectivity index (χ1v) is 11.6. The van der Waals surface area contributed by atoms with Gasteiger partial charge in [-0.3, -0.25) is 14.6 Å². The second-order valence-electron chi connectivity index (χ2n) is 9.15. The smallest absolute Gasteiger partial charge is 0.410 e. The molecule has 0 spiro atoms. The number of carboxylic acids is 1. The maximum absolute atomic E-state index is 12.7. The minimum atomic E-state index is -0.760. The summed E-state index contributed by atoms with van der Waals surface area (Å²) in [6.07, 6.45) is 7.73. The molecule has 7 heteroatoms. The van der Waals surface area contributed by atoms with Crippen molar-refractivity contribution in [3.05, 3.63) is 65.0 Å². The van der Waals surface area contributed by atoms with Gasteiger partial charge in [0.25, 0.3) is 0 Å². The van der Waals surface area contributed by atoms with Gasteiger partial charge in [0.05, 0.1) is 0 Å². The lowest BCUT2D eigenvalue weighted by atomic mass is 9.85. The quantitative estimate of drug-likeness (QED) is 0.686. The van der Waals surface area contributed by atoms with Crippen LogP contribution in [0.25, 0.3) is 0 Å². The molecule has 1 aliphatic carbocycles. The van der Waals surface area contributed by atoms with E-state index in [1.54, 1.807) is 17.3 Å². The van der Waals surface area contributed by atoms with Crippen LogP contribution in [0.1, 0.15) is 54.4 Å². The Hall–Kier alpha value is -3.22. The Morgan fingerprint density at radius 3 is 2.42 bits per heavy atom. The Morgan fingerprint density at radius 1 is 0.970 bits per heavy atom. The van der Waals surface area contributed by atoms with E-state index in [1.165, 1.54) is 5.56 Å². The molecule has 33 heavy (non-hydrogen) atoms. The molecule has 2 heterocycles. The second kappa shape index (κ2) is 10.6. The number of carbonyl (C=O) groups is 3. The fourth-order valence-corrected chi connectivity index (χ4v) is 4.81. The molecule has 2 aliphatic rings. The Balaban J connectivity index is 1.27. The minimum absolute atomic E-state index is 0.127. The van der Waals surface area contributed by atoms with E-state index >= 15 is 0 Å². The number of nitrogens with zero attached hydrogens (tertiary/aromatic N) is 2. The molecule has 4 rings (SSSR count). The molecule has 1 amide bonds. The highest BCUT2D eigenvalue weighted by atomic mass is 16.6. The minimum Gasteiger partial charge on any atom is -0.481 e. The first kappa shape index (κ1) is 23.0. The number of rotatable bonds is 7. The van der Waals surface area contributed by atoms with Crippen molar-refractivity contribution in [2.45, 2.75) is 64.0 Å². The van der Waals surface area contributed by atoms with E-state index in [9.17, 15) is 14.4 Å². The monoisotopic (exact) mass is 450 g/mol. The highest BCUT2D eigenvalue weighted by Gasteiger charge is 2.28. The number of hydrogen-bond acceptors (Lipinski definition) is 5. The van der Waals surface area contributed by atoms with Gasteiger partial charge in [0.15, 0.2) is 0 Å². The van der Waals surface area contributed by atoms with Gasteiger partial charge in [0.1, 0.15) is 11.9 Å². The van der Waals surface area contributed by atoms with Crippen LogP contribution in [0.4, 0.5) is 4.79 Å². The lowest BCUT2D eigenvalue weighted by Crippen LogP contribution is -2.39. The van der Waals surface area contributed by atoms with Gasteiger partial charge in [-0.2, -0.15) is 0 Å². The number of pyridine rings is 1. The lowest BCUT2D eigenvalue weighted by Gasteiger charge is -2.32. The Bertz CT molecular complexity index is 999. The van der Waals surface area contributed by atoms with Crippen molar-refractivity contribution < 1.29 is 24.2 Å². The lowest BCUT2D eigenvalue weighted by molar-refractivity contribution is -0.138. The van der Waals surface area contributed by atoms with Crippen LogP contribution in [0.5, 0.6) is 0 Å². The zero-order chi connectivity index (χ0) is 23.2. The van der Waals surface area contributed by atoms with E-state index in [0.29, 0.717) is 25.9 Å². The third-order valence-electron chi connectivity index (χ3n) is 6.62. The molecule has 1 aromatic carbocycles. The van der Waals surface area contributed by atoms with Gasteiger partial charge >= 0.3 is 12.1 Å². The van der Waals surface area contributed by atoms with Crippen LogP contribution < -0.4 is 0 Å². The SMILES string of the molecule is O=C(O)CC1CCC(OC(=O)N2CCc3cc(CC(=O)Cc4ccncc4)ccc3C2)CC1. The van der Waals surface area contributed by atoms with E-state index < -0.39 is 5.97 Å². The standard InChI is InChI=1S/C26H30N2O5/c29-23(14-19-7-10-27-11-8-19)15-20-1-4-22-17-28(12-9-21(22)13-20)26(32)33-24-5-2-18(3-6-24)16-25(30)31/h1,4,7-8,10-11,13,18,24H,2-3,5-6,9,12,14-17H2,(H,30,31). The van der Waals surface area contributed by atoms with Crippen molar-refractivity contribution in [2.75, 3.05) is 6.54 Å². The summed E-state index contributed by atoms with van der Waals surface area (Å²) in [5, 5.41) is 8.94. The number of Topliss-reactive ketones (excluding diaryl/α,β-unsaturated/α-hetero) is 1. The van der Waals surface area contributed by atoms with Crippen LogP contribution >= 0.6 is 0 Å². The molecule has 0 saturated heterocycles. The summed E-state index contributed by atoms with van der Waals surface area (Å²) in [5.74, 6) is -0.408. The Kier molecular flexibility index (Phi) is 7.37. The van der Waals surface area contributed by atoms with Gasteiger partial charge in [-0.05, 0) is 72.4 Å². The maximum Gasteiger partial charge on any atom is 0.410 e. The van der Waals surface area contributed by atoms with Gasteiger partial charge in [-0.25, -0.2) is 4.79 Å². The molecule has 0 bridgehead atoms. The fraction of sp³-hybridized carbons (Fsp3) is 0.462. The van der Waals surface area contributed by atoms with Gasteiger partial charge in [0, 0.05) is 44.7 Å². The van der Waals surface area contributed by atoms with E-state index in [1.807, 2.05) is 24.3 Å². The van der Waals surface area contributed by atoms with Crippen molar-refractivity contribution in [1.82, 2.24) is 9.88 Å². The molecular formula is C26H30N2O5. The molecule has 1 aromatic heterocycles. The zero-order valence-electron chi connectivity index (χ0n) is 18.7. The predicted molar refractivity (Wildman–Crippen MR) is 122 cm³/mol. The topological polar surface area (TPSA) is 96.8 Å². The molecule has 0 radical (unpaired) electrons. The number of carbonyl (C=O) groups excluding carboxylic acids is 2. The summed E-state index contributed by atoms with van der Waals surface area (Å²) in [6, 6.07) is 9.80. The summed E-state index contributed by atoms with van der Waals surface area (Å²) in [4.78, 5) is 41.7. The zero-order valence-corrected chi connectivity index (χ0v) is 18.7. The Morgan fingerprint density at radius 2 is 1.70 bits per heavy atom. The third-order valence-corrected chi connectivity index (χ3v) is 6.62. The summed E-state index contributed by atoms with van der Waals surface area (Å²) in [5.41, 5.74) is 4.25. The fourth-order valence-electron chi connectivity index (χ4n) is 4.81. The third kappa shape index (κ3) is 6.40. The van der Waals surface area contributed by atoms with Gasteiger partial charge in [-0.1, -0.05) is 18.2 Å². The van der Waals surface area contributed by atoms with Crippen LogP contribution in [0, 0.1) is 5.92 Å². The van der Waals surface area contributed by atoms with Crippen LogP contribution in [0.15, 0.2) is 42.7 Å². The highest BCUT2D eigenvalue weighted by Crippen LogP contribution is 2.29. The molecule has 0 atom stereocenters. The van der Waals surface area contributed by atoms with Crippen molar-refractivity contribution in [1.29, 1.82) is 0 Å². The first-order chi connectivity index (χ1) is 16.0. The van der Waals surface area contributed by atoms with Gasteiger partial charge in [-0.15, -0.1) is 0 Å². The summed E-state index contributed by atoms with van der Waals surface area (Å²) in [7, 11) is 0. The second-order valence-corrected chi connectivity index (χ2v) is 9.15. The maximum atomic E-state index is 12.7. The van der Waals surface area contributed by atoms with E-state index in [4.69, 9.17) is 9.84 Å². The van der Waals surface area contributed by atoms with E-state index in [0.717, 1.165) is 48.8 Å². The molecule has 2 aromatic rings. The van der Waals surface area contributed by atoms with E-state index in [2.05, 4.69) is 11.1 Å². The average Bonchev–Trinajstić information content (AvgIpc) is 2.80. The number of benzene rings is 1. The van der Waals surface area contributed by atoms with Gasteiger partial charge in [0.2, 0.25) is 0 Å². The van der Waals surface area contributed by atoms with Crippen LogP contribution in [-0.2, 0) is 40.1 Å². The number of amides is 1. The van der Waals surface area contributed by atoms with Crippen molar-refractivity contribution in [3.8, 4) is 0 Å². The molecule has 1 fully saturated rings. The average molecular weight is 451 g/mol. The Labute approximate surface area is 193 Å². The predicted octanol–water partition coefficient (Wildman–Crippen LogP) is 3.96. The number of aliphatic carboxylic acids is 1. The number of hydrogen-bond donors (Lipinski definition) is 1. The summed E-state index contributed by atoms with van der Waals surface area (Å²) >= 11 is 0. The molecule has 0 unspecified atom stereocenters. The highest BCUT2D eigenvalue weighted by molar-refractivity contribution is 5.83. The van der Waals surface area contributed by atoms with E-state index in [-0.39, 0.29) is 30.3 Å². The number of ketones is 1. The van der Waals surface area contributed by atoms with Crippen molar-refractivity contribution >= 4 is 17.8 Å². The molecule has 1 saturated carbocycles. The van der Waals surface area contributed by atoms with Gasteiger partial charge < -0.3 is 14.7 Å². The van der Waals surface area contributed by atoms with Crippen LogP contribution in [-0.4, -0.2) is 45.5 Å². The molecular weight excluding hydrogens is 420 g/mol. The molecule has 1 aliphatic heterocycles. The summed E-state index contributed by atoms with van der Waals surface area (Å²) < 4.78 is 5.72. The number of fused-ring (bicyclic) bond motifs is 1. The number of carboxylic acid groups (broad SMARTS) is 1. The number of ether oxygens (including phenoxy) is 1. The molecule has 174 valence electrons. The van der Waals surface area contributed by atoms with Crippen molar-refractivity contribution in [2.24, 2.45) is 5.92 Å². The first-order valence-electron chi connectivity index (χ1n) is 11.6. The summed E-state index contributed by atoms with van der Waals surface area (Å²) in [6.45, 7) is 1.10.